The van der Waals surface area contributed by atoms with Gasteiger partial charge < -0.3 is 10.1 Å². The zero-order valence-corrected chi connectivity index (χ0v) is 18.1. The van der Waals surface area contributed by atoms with Crippen LogP contribution in [0.1, 0.15) is 22.8 Å². The van der Waals surface area contributed by atoms with Crippen molar-refractivity contribution in [3.8, 4) is 0 Å². The number of aryl methyl sites for hydroxylation is 1. The third kappa shape index (κ3) is 5.70. The molecule has 7 nitrogen and oxygen atoms in total. The van der Waals surface area contributed by atoms with Gasteiger partial charge in [0, 0.05) is 11.4 Å². The number of rotatable bonds is 7. The maximum atomic E-state index is 13.8. The Morgan fingerprint density at radius 1 is 0.938 bits per heavy atom. The van der Waals surface area contributed by atoms with Gasteiger partial charge in [0.05, 0.1) is 10.5 Å². The molecule has 0 bridgehead atoms. The van der Waals surface area contributed by atoms with Crippen molar-refractivity contribution < 1.29 is 27.1 Å². The fraction of sp³-hybridized carbons (Fsp3) is 0.130. The molecule has 1 amide bonds. The highest BCUT2D eigenvalue weighted by molar-refractivity contribution is 7.92. The number of nitrogens with one attached hydrogen (secondary N) is 2. The molecule has 3 aromatic rings. The molecule has 2 N–H and O–H groups in total. The number of benzene rings is 3. The fourth-order valence-electron chi connectivity index (χ4n) is 2.71. The zero-order chi connectivity index (χ0) is 23.3. The molecule has 166 valence electrons. The lowest BCUT2D eigenvalue weighted by molar-refractivity contribution is -0.123. The van der Waals surface area contributed by atoms with E-state index in [1.54, 1.807) is 30.3 Å². The Morgan fingerprint density at radius 2 is 1.62 bits per heavy atom. The van der Waals surface area contributed by atoms with Crippen molar-refractivity contribution in [3.63, 3.8) is 0 Å². The minimum absolute atomic E-state index is 0.0413. The quantitative estimate of drug-likeness (QED) is 0.521. The van der Waals surface area contributed by atoms with Crippen molar-refractivity contribution in [2.24, 2.45) is 0 Å². The lowest BCUT2D eigenvalue weighted by Gasteiger charge is -2.14. The lowest BCUT2D eigenvalue weighted by Crippen LogP contribution is -2.30. The molecule has 0 aromatic heterocycles. The second-order valence-corrected chi connectivity index (χ2v) is 8.68. The van der Waals surface area contributed by atoms with E-state index in [9.17, 15) is 22.4 Å². The summed E-state index contributed by atoms with van der Waals surface area (Å²) in [5, 5.41) is 2.63. The highest BCUT2D eigenvalue weighted by Gasteiger charge is 2.20. The number of carbonyl (C=O) groups excluding carboxylic acids is 2. The van der Waals surface area contributed by atoms with E-state index in [2.05, 4.69) is 10.0 Å². The van der Waals surface area contributed by atoms with Crippen LogP contribution in [0.3, 0.4) is 0 Å². The Balaban J connectivity index is 1.68. The first-order valence-corrected chi connectivity index (χ1v) is 11.1. The van der Waals surface area contributed by atoms with Crippen LogP contribution in [-0.2, 0) is 19.6 Å². The van der Waals surface area contributed by atoms with Crippen LogP contribution in [0.2, 0.25) is 0 Å². The van der Waals surface area contributed by atoms with Crippen LogP contribution in [0.15, 0.2) is 77.7 Å². The number of ether oxygens (including phenoxy) is 1. The first-order chi connectivity index (χ1) is 15.2. The van der Waals surface area contributed by atoms with E-state index in [1.807, 2.05) is 0 Å². The molecule has 1 unspecified atom stereocenters. The molecule has 0 spiro atoms. The summed E-state index contributed by atoms with van der Waals surface area (Å²) >= 11 is 0. The summed E-state index contributed by atoms with van der Waals surface area (Å²) in [6.07, 6.45) is -1.08. The molecule has 0 aliphatic carbocycles. The monoisotopic (exact) mass is 456 g/mol. The first kappa shape index (κ1) is 23.0. The molecule has 0 fully saturated rings. The molecule has 9 heteroatoms. The summed E-state index contributed by atoms with van der Waals surface area (Å²) in [4.78, 5) is 24.4. The van der Waals surface area contributed by atoms with Gasteiger partial charge in [-0.05, 0) is 61.9 Å². The number of carbonyl (C=O) groups is 2. The highest BCUT2D eigenvalue weighted by Crippen LogP contribution is 2.20. The van der Waals surface area contributed by atoms with Gasteiger partial charge in [0.15, 0.2) is 6.10 Å². The first-order valence-electron chi connectivity index (χ1n) is 9.61. The van der Waals surface area contributed by atoms with Gasteiger partial charge in [0.25, 0.3) is 15.9 Å². The molecular formula is C23H21FN2O5S. The average Bonchev–Trinajstić information content (AvgIpc) is 2.76. The summed E-state index contributed by atoms with van der Waals surface area (Å²) in [6.45, 7) is 2.95. The minimum Gasteiger partial charge on any atom is -0.449 e. The molecule has 3 rings (SSSR count). The van der Waals surface area contributed by atoms with E-state index >= 15 is 0 Å². The zero-order valence-electron chi connectivity index (χ0n) is 17.3. The Hall–Kier alpha value is -3.72. The Bertz CT molecular complexity index is 1250. The van der Waals surface area contributed by atoms with Crippen LogP contribution in [0.5, 0.6) is 0 Å². The average molecular weight is 456 g/mol. The summed E-state index contributed by atoms with van der Waals surface area (Å²) in [6, 6.07) is 17.9. The van der Waals surface area contributed by atoms with Crippen LogP contribution >= 0.6 is 0 Å². The summed E-state index contributed by atoms with van der Waals surface area (Å²) in [7, 11) is -4.07. The van der Waals surface area contributed by atoms with Crippen molar-refractivity contribution >= 4 is 33.3 Å². The van der Waals surface area contributed by atoms with Crippen molar-refractivity contribution in [1.29, 1.82) is 0 Å². The Labute approximate surface area is 185 Å². The molecule has 0 heterocycles. The van der Waals surface area contributed by atoms with Crippen LogP contribution < -0.4 is 10.0 Å². The molecular weight excluding hydrogens is 435 g/mol. The Kier molecular flexibility index (Phi) is 6.89. The summed E-state index contributed by atoms with van der Waals surface area (Å²) in [5.41, 5.74) is 1.00. The second kappa shape index (κ2) is 9.61. The third-order valence-electron chi connectivity index (χ3n) is 4.50. The number of amides is 1. The van der Waals surface area contributed by atoms with Crippen molar-refractivity contribution in [2.45, 2.75) is 24.8 Å². The SMILES string of the molecule is Cc1ccc(S(=O)(=O)Nc2cccc(C(=O)OC(C)C(=O)Nc3ccccc3)c2)cc1F. The van der Waals surface area contributed by atoms with Gasteiger partial charge in [-0.15, -0.1) is 0 Å². The normalized spacial score (nSPS) is 12.0. The number of sulfonamides is 1. The van der Waals surface area contributed by atoms with Gasteiger partial charge in [-0.25, -0.2) is 17.6 Å². The third-order valence-corrected chi connectivity index (χ3v) is 5.88. The lowest BCUT2D eigenvalue weighted by atomic mass is 10.2. The number of anilines is 2. The van der Waals surface area contributed by atoms with E-state index in [-0.39, 0.29) is 16.1 Å². The standard InChI is InChI=1S/C23H21FN2O5S/c1-15-11-12-20(14-21(15)24)32(29,30)26-19-10-6-7-17(13-19)23(28)31-16(2)22(27)25-18-8-4-3-5-9-18/h3-14,16,26H,1-2H3,(H,25,27). The fourth-order valence-corrected chi connectivity index (χ4v) is 3.77. The van der Waals surface area contributed by atoms with Crippen LogP contribution in [-0.4, -0.2) is 26.4 Å². The van der Waals surface area contributed by atoms with Gasteiger partial charge in [-0.2, -0.15) is 0 Å². The van der Waals surface area contributed by atoms with E-state index in [1.165, 1.54) is 50.2 Å². The molecule has 0 aliphatic heterocycles. The van der Waals surface area contributed by atoms with Gasteiger partial charge in [0.2, 0.25) is 0 Å². The molecule has 1 atom stereocenters. The van der Waals surface area contributed by atoms with E-state index in [4.69, 9.17) is 4.74 Å². The maximum Gasteiger partial charge on any atom is 0.338 e. The molecule has 0 saturated heterocycles. The van der Waals surface area contributed by atoms with Crippen molar-refractivity contribution in [2.75, 3.05) is 10.0 Å². The number of para-hydroxylation sites is 1. The van der Waals surface area contributed by atoms with E-state index < -0.39 is 33.8 Å². The molecule has 0 aliphatic rings. The summed E-state index contributed by atoms with van der Waals surface area (Å²) < 4.78 is 46.3. The predicted octanol–water partition coefficient (Wildman–Crippen LogP) is 4.12. The minimum atomic E-state index is -4.07. The molecule has 32 heavy (non-hydrogen) atoms. The molecule has 0 saturated carbocycles. The van der Waals surface area contributed by atoms with Crippen molar-refractivity contribution in [3.05, 3.63) is 89.7 Å². The van der Waals surface area contributed by atoms with Crippen LogP contribution in [0.25, 0.3) is 0 Å². The Morgan fingerprint density at radius 3 is 2.31 bits per heavy atom. The van der Waals surface area contributed by atoms with Crippen LogP contribution in [0.4, 0.5) is 15.8 Å². The van der Waals surface area contributed by atoms with Gasteiger partial charge in [0.1, 0.15) is 5.82 Å². The van der Waals surface area contributed by atoms with Gasteiger partial charge in [-0.3, -0.25) is 9.52 Å². The molecule has 0 radical (unpaired) electrons. The van der Waals surface area contributed by atoms with Crippen molar-refractivity contribution in [1.82, 2.24) is 0 Å². The number of halogens is 1. The number of esters is 1. The number of hydrogen-bond donors (Lipinski definition) is 2. The summed E-state index contributed by atoms with van der Waals surface area (Å²) in [5.74, 6) is -1.96. The number of hydrogen-bond acceptors (Lipinski definition) is 5. The van der Waals surface area contributed by atoms with Gasteiger partial charge in [-0.1, -0.05) is 30.3 Å². The van der Waals surface area contributed by atoms with Gasteiger partial charge >= 0.3 is 5.97 Å². The molecule has 3 aromatic carbocycles. The largest absolute Gasteiger partial charge is 0.449 e. The predicted molar refractivity (Wildman–Crippen MR) is 118 cm³/mol. The topological polar surface area (TPSA) is 102 Å². The van der Waals surface area contributed by atoms with E-state index in [0.717, 1.165) is 6.07 Å². The highest BCUT2D eigenvalue weighted by atomic mass is 32.2. The second-order valence-electron chi connectivity index (χ2n) is 7.00. The maximum absolute atomic E-state index is 13.8. The van der Waals surface area contributed by atoms with E-state index in [0.29, 0.717) is 11.3 Å². The van der Waals surface area contributed by atoms with Crippen LogP contribution in [0, 0.1) is 12.7 Å². The smallest absolute Gasteiger partial charge is 0.338 e.